The van der Waals surface area contributed by atoms with Gasteiger partial charge in [0.25, 0.3) is 0 Å². The first-order chi connectivity index (χ1) is 12.9. The molecule has 0 saturated heterocycles. The molecule has 2 aliphatic rings. The Morgan fingerprint density at radius 2 is 1.70 bits per heavy atom. The van der Waals surface area contributed by atoms with Gasteiger partial charge in [0.1, 0.15) is 0 Å². The molecule has 2 aromatic rings. The quantitative estimate of drug-likeness (QED) is 0.625. The summed E-state index contributed by atoms with van der Waals surface area (Å²) in [6.45, 7) is 4.31. The summed E-state index contributed by atoms with van der Waals surface area (Å²) in [6, 6.07) is 18.1. The number of carbonyl (C=O) groups is 1. The van der Waals surface area contributed by atoms with Crippen LogP contribution in [0.1, 0.15) is 32.3 Å². The number of rotatable bonds is 2. The third-order valence-corrected chi connectivity index (χ3v) is 5.79. The minimum atomic E-state index is -0.208. The molecule has 0 amide bonds. The number of allylic oxidation sites excluding steroid dienone is 1. The molecule has 1 aliphatic heterocycles. The van der Waals surface area contributed by atoms with Crippen LogP contribution in [-0.4, -0.2) is 11.8 Å². The average molecular weight is 423 g/mol. The van der Waals surface area contributed by atoms with E-state index in [0.717, 1.165) is 39.1 Å². The molecule has 1 heterocycles. The van der Waals surface area contributed by atoms with E-state index in [1.807, 2.05) is 36.4 Å². The molecular weight excluding hydrogens is 400 g/mol. The molecule has 0 saturated carbocycles. The lowest BCUT2D eigenvalue weighted by Crippen LogP contribution is -2.35. The third-order valence-electron chi connectivity index (χ3n) is 5.10. The van der Waals surface area contributed by atoms with E-state index in [1.165, 1.54) is 0 Å². The molecule has 4 rings (SSSR count). The van der Waals surface area contributed by atoms with Gasteiger partial charge in [-0.15, -0.1) is 0 Å². The topological polar surface area (TPSA) is 41.1 Å². The van der Waals surface area contributed by atoms with Crippen molar-refractivity contribution < 1.29 is 4.79 Å². The number of Topliss-reactive ketones (excluding diaryl/α,β-unsaturated/α-hetero) is 1. The van der Waals surface area contributed by atoms with Crippen LogP contribution in [0.3, 0.4) is 0 Å². The maximum absolute atomic E-state index is 13.1. The highest BCUT2D eigenvalue weighted by Crippen LogP contribution is 2.43. The maximum atomic E-state index is 13.1. The number of fused-ring (bicyclic) bond motifs is 1. The SMILES string of the molecule is CC1(C)CC(=O)C2=C(C1)Nc1ccccc1NC2C(Br)=Cc1ccccc1. The van der Waals surface area contributed by atoms with Crippen LogP contribution in [0.2, 0.25) is 0 Å². The van der Waals surface area contributed by atoms with Crippen LogP contribution >= 0.6 is 15.9 Å². The van der Waals surface area contributed by atoms with Crippen LogP contribution in [0.4, 0.5) is 11.4 Å². The lowest BCUT2D eigenvalue weighted by atomic mass is 9.74. The second-order valence-corrected chi connectivity index (χ2v) is 8.94. The second kappa shape index (κ2) is 7.01. The van der Waals surface area contributed by atoms with Gasteiger partial charge in [-0.1, -0.05) is 72.2 Å². The van der Waals surface area contributed by atoms with Gasteiger partial charge in [-0.2, -0.15) is 0 Å². The van der Waals surface area contributed by atoms with E-state index in [0.29, 0.717) is 6.42 Å². The number of hydrogen-bond acceptors (Lipinski definition) is 3. The van der Waals surface area contributed by atoms with Gasteiger partial charge >= 0.3 is 0 Å². The summed E-state index contributed by atoms with van der Waals surface area (Å²) in [5.41, 5.74) is 4.94. The molecular formula is C23H23BrN2O. The van der Waals surface area contributed by atoms with Crippen LogP contribution in [0.15, 0.2) is 70.3 Å². The van der Waals surface area contributed by atoms with Crippen LogP contribution in [0, 0.1) is 5.41 Å². The van der Waals surface area contributed by atoms with Crippen molar-refractivity contribution in [1.29, 1.82) is 0 Å². The van der Waals surface area contributed by atoms with E-state index in [1.54, 1.807) is 0 Å². The highest BCUT2D eigenvalue weighted by molar-refractivity contribution is 9.11. The van der Waals surface area contributed by atoms with Gasteiger partial charge < -0.3 is 10.6 Å². The molecule has 3 nitrogen and oxygen atoms in total. The summed E-state index contributed by atoms with van der Waals surface area (Å²) in [5.74, 6) is 0.206. The molecule has 0 spiro atoms. The number of ketones is 1. The van der Waals surface area contributed by atoms with Gasteiger partial charge in [-0.25, -0.2) is 0 Å². The summed E-state index contributed by atoms with van der Waals surface area (Å²) in [7, 11) is 0. The zero-order valence-corrected chi connectivity index (χ0v) is 17.1. The Balaban J connectivity index is 1.83. The highest BCUT2D eigenvalue weighted by atomic mass is 79.9. The van der Waals surface area contributed by atoms with Crippen LogP contribution in [0.5, 0.6) is 0 Å². The van der Waals surface area contributed by atoms with Crippen molar-refractivity contribution in [2.75, 3.05) is 10.6 Å². The number of benzene rings is 2. The standard InChI is InChI=1S/C23H23BrN2O/c1-23(2)13-19-21(20(27)14-23)22(16(24)12-15-8-4-3-5-9-15)26-18-11-7-6-10-17(18)25-19/h3-12,22,25-26H,13-14H2,1-2H3. The molecule has 0 bridgehead atoms. The Kier molecular flexibility index (Phi) is 4.68. The number of halogens is 1. The van der Waals surface area contributed by atoms with Gasteiger partial charge in [0.15, 0.2) is 5.78 Å². The van der Waals surface area contributed by atoms with E-state index in [9.17, 15) is 4.79 Å². The molecule has 2 aromatic carbocycles. The highest BCUT2D eigenvalue weighted by Gasteiger charge is 2.38. The van der Waals surface area contributed by atoms with Gasteiger partial charge in [0.2, 0.25) is 0 Å². The van der Waals surface area contributed by atoms with Crippen LogP contribution in [-0.2, 0) is 4.79 Å². The Bertz CT molecular complexity index is 944. The molecule has 2 N–H and O–H groups in total. The lowest BCUT2D eigenvalue weighted by Gasteiger charge is -2.34. The van der Waals surface area contributed by atoms with Crippen molar-refractivity contribution in [2.24, 2.45) is 5.41 Å². The summed E-state index contributed by atoms with van der Waals surface area (Å²) >= 11 is 3.77. The molecule has 1 atom stereocenters. The van der Waals surface area contributed by atoms with Crippen molar-refractivity contribution in [1.82, 2.24) is 0 Å². The predicted molar refractivity (Wildman–Crippen MR) is 116 cm³/mol. The number of carbonyl (C=O) groups excluding carboxylic acids is 1. The molecule has 138 valence electrons. The van der Waals surface area contributed by atoms with Gasteiger partial charge in [0.05, 0.1) is 17.4 Å². The summed E-state index contributed by atoms with van der Waals surface area (Å²) in [6.07, 6.45) is 3.50. The molecule has 27 heavy (non-hydrogen) atoms. The number of para-hydroxylation sites is 2. The van der Waals surface area contributed by atoms with E-state index in [-0.39, 0.29) is 17.2 Å². The zero-order valence-electron chi connectivity index (χ0n) is 15.6. The minimum Gasteiger partial charge on any atom is -0.372 e. The lowest BCUT2D eigenvalue weighted by molar-refractivity contribution is -0.118. The molecule has 0 aromatic heterocycles. The van der Waals surface area contributed by atoms with E-state index in [4.69, 9.17) is 0 Å². The van der Waals surface area contributed by atoms with Crippen molar-refractivity contribution in [2.45, 2.75) is 32.7 Å². The van der Waals surface area contributed by atoms with Gasteiger partial charge in [0, 0.05) is 22.2 Å². The fourth-order valence-corrected chi connectivity index (χ4v) is 4.50. The molecule has 4 heteroatoms. The van der Waals surface area contributed by atoms with E-state index < -0.39 is 0 Å². The molecule has 0 radical (unpaired) electrons. The Morgan fingerprint density at radius 3 is 2.44 bits per heavy atom. The van der Waals surface area contributed by atoms with Crippen molar-refractivity contribution >= 4 is 39.2 Å². The van der Waals surface area contributed by atoms with Gasteiger partial charge in [-0.05, 0) is 35.6 Å². The Hall–Kier alpha value is -2.33. The van der Waals surface area contributed by atoms with Crippen LogP contribution < -0.4 is 10.6 Å². The summed E-state index contributed by atoms with van der Waals surface area (Å²) in [4.78, 5) is 13.1. The first kappa shape index (κ1) is 18.1. The molecule has 1 aliphatic carbocycles. The molecule has 0 fully saturated rings. The first-order valence-corrected chi connectivity index (χ1v) is 10.0. The monoisotopic (exact) mass is 422 g/mol. The fraction of sp³-hybridized carbons (Fsp3) is 0.261. The van der Waals surface area contributed by atoms with Gasteiger partial charge in [-0.3, -0.25) is 4.79 Å². The van der Waals surface area contributed by atoms with E-state index in [2.05, 4.69) is 64.7 Å². The summed E-state index contributed by atoms with van der Waals surface area (Å²) < 4.78 is 0.952. The number of hydrogen-bond donors (Lipinski definition) is 2. The second-order valence-electron chi connectivity index (χ2n) is 8.02. The van der Waals surface area contributed by atoms with Crippen molar-refractivity contribution in [3.05, 3.63) is 75.9 Å². The van der Waals surface area contributed by atoms with Crippen molar-refractivity contribution in [3.63, 3.8) is 0 Å². The van der Waals surface area contributed by atoms with Crippen LogP contribution in [0.25, 0.3) is 6.08 Å². The normalized spacial score (nSPS) is 21.5. The smallest absolute Gasteiger partial charge is 0.163 e. The average Bonchev–Trinajstić information content (AvgIpc) is 2.78. The van der Waals surface area contributed by atoms with Crippen molar-refractivity contribution in [3.8, 4) is 0 Å². The first-order valence-electron chi connectivity index (χ1n) is 9.24. The Labute approximate surface area is 168 Å². The zero-order chi connectivity index (χ0) is 19.0. The minimum absolute atomic E-state index is 0.0393. The third kappa shape index (κ3) is 3.72. The maximum Gasteiger partial charge on any atom is 0.163 e. The Morgan fingerprint density at radius 1 is 1.04 bits per heavy atom. The largest absolute Gasteiger partial charge is 0.372 e. The fourth-order valence-electron chi connectivity index (χ4n) is 3.89. The summed E-state index contributed by atoms with van der Waals surface area (Å²) in [5, 5.41) is 7.12. The molecule has 1 unspecified atom stereocenters. The van der Waals surface area contributed by atoms with E-state index >= 15 is 0 Å². The number of nitrogens with one attached hydrogen (secondary N) is 2. The number of anilines is 2. The predicted octanol–water partition coefficient (Wildman–Crippen LogP) is 5.97.